The van der Waals surface area contributed by atoms with Gasteiger partial charge in [-0.05, 0) is 12.8 Å². The first kappa shape index (κ1) is 11.4. The Hall–Kier alpha value is -0.650. The maximum absolute atomic E-state index is 10.3. The zero-order valence-electron chi connectivity index (χ0n) is 8.06. The summed E-state index contributed by atoms with van der Waals surface area (Å²) in [6, 6.07) is -0.738. The Kier molecular flexibility index (Phi) is 4.31. The van der Waals surface area contributed by atoms with Crippen LogP contribution in [-0.4, -0.2) is 34.6 Å². The Morgan fingerprint density at radius 2 is 2.07 bits per heavy atom. The van der Waals surface area contributed by atoms with Crippen LogP contribution < -0.4 is 5.73 Å². The molecule has 1 fully saturated rings. The lowest BCUT2D eigenvalue weighted by molar-refractivity contribution is -0.138. The monoisotopic (exact) mass is 203 g/mol. The first-order valence-corrected chi connectivity index (χ1v) is 4.93. The van der Waals surface area contributed by atoms with Crippen LogP contribution in [-0.2, 0) is 9.53 Å². The van der Waals surface area contributed by atoms with Gasteiger partial charge in [0.25, 0.3) is 0 Å². The zero-order valence-corrected chi connectivity index (χ0v) is 8.06. The molecule has 5 heteroatoms. The van der Waals surface area contributed by atoms with Gasteiger partial charge in [0.15, 0.2) is 6.29 Å². The largest absolute Gasteiger partial charge is 0.480 e. The van der Waals surface area contributed by atoms with Crippen molar-refractivity contribution in [1.29, 1.82) is 0 Å². The Morgan fingerprint density at radius 3 is 2.57 bits per heavy atom. The van der Waals surface area contributed by atoms with E-state index in [1.807, 2.05) is 0 Å². The average molecular weight is 203 g/mol. The number of nitrogens with two attached hydrogens (primary N) is 1. The fourth-order valence-electron chi connectivity index (χ4n) is 1.35. The van der Waals surface area contributed by atoms with Gasteiger partial charge < -0.3 is 20.7 Å². The Bertz CT molecular complexity index is 197. The van der Waals surface area contributed by atoms with E-state index in [-0.39, 0.29) is 6.10 Å². The fourth-order valence-corrected chi connectivity index (χ4v) is 1.35. The van der Waals surface area contributed by atoms with E-state index in [0.29, 0.717) is 6.42 Å². The van der Waals surface area contributed by atoms with Crippen molar-refractivity contribution in [2.24, 2.45) is 5.73 Å². The summed E-state index contributed by atoms with van der Waals surface area (Å²) in [5.74, 6) is -0.939. The highest BCUT2D eigenvalue weighted by Crippen LogP contribution is 2.24. The number of epoxide rings is 1. The van der Waals surface area contributed by atoms with E-state index in [1.165, 1.54) is 0 Å². The standard InChI is InChI=1S/C9H17NO4/c10-6(8(11)12)4-2-1-3-5-7-9(13)14-7/h6-7,9,13H,1-5,10H2,(H,11,12). The van der Waals surface area contributed by atoms with E-state index < -0.39 is 18.3 Å². The number of hydrogen-bond donors (Lipinski definition) is 3. The van der Waals surface area contributed by atoms with Gasteiger partial charge in [-0.3, -0.25) is 4.79 Å². The topological polar surface area (TPSA) is 96.1 Å². The zero-order chi connectivity index (χ0) is 10.6. The van der Waals surface area contributed by atoms with Crippen molar-refractivity contribution in [3.63, 3.8) is 0 Å². The quantitative estimate of drug-likeness (QED) is 0.402. The first-order valence-electron chi connectivity index (χ1n) is 4.93. The normalized spacial score (nSPS) is 27.3. The van der Waals surface area contributed by atoms with Crippen molar-refractivity contribution in [3.05, 3.63) is 0 Å². The highest BCUT2D eigenvalue weighted by atomic mass is 16.7. The summed E-state index contributed by atoms with van der Waals surface area (Å²) in [4.78, 5) is 10.3. The van der Waals surface area contributed by atoms with Crippen LogP contribution in [0.3, 0.4) is 0 Å². The number of carboxylic acids is 1. The van der Waals surface area contributed by atoms with Gasteiger partial charge in [0.2, 0.25) is 0 Å². The SMILES string of the molecule is NC(CCCCCC1OC1O)C(=O)O. The molecule has 0 aromatic rings. The molecule has 1 aliphatic rings. The van der Waals surface area contributed by atoms with Crippen molar-refractivity contribution in [2.45, 2.75) is 50.5 Å². The lowest BCUT2D eigenvalue weighted by Crippen LogP contribution is -2.29. The van der Waals surface area contributed by atoms with Gasteiger partial charge >= 0.3 is 5.97 Å². The van der Waals surface area contributed by atoms with Gasteiger partial charge in [-0.15, -0.1) is 0 Å². The molecule has 1 heterocycles. The molecule has 0 radical (unpaired) electrons. The third-order valence-corrected chi connectivity index (χ3v) is 2.38. The summed E-state index contributed by atoms with van der Waals surface area (Å²) >= 11 is 0. The van der Waals surface area contributed by atoms with Crippen molar-refractivity contribution >= 4 is 5.97 Å². The second-order valence-electron chi connectivity index (χ2n) is 3.65. The number of unbranched alkanes of at least 4 members (excludes halogenated alkanes) is 2. The number of aliphatic hydroxyl groups is 1. The van der Waals surface area contributed by atoms with Gasteiger partial charge in [-0.1, -0.05) is 19.3 Å². The van der Waals surface area contributed by atoms with Crippen molar-refractivity contribution < 1.29 is 19.7 Å². The molecular formula is C9H17NO4. The van der Waals surface area contributed by atoms with Gasteiger partial charge in [0, 0.05) is 0 Å². The van der Waals surface area contributed by atoms with Gasteiger partial charge in [0.05, 0.1) is 0 Å². The van der Waals surface area contributed by atoms with Crippen molar-refractivity contribution in [1.82, 2.24) is 0 Å². The highest BCUT2D eigenvalue weighted by molar-refractivity contribution is 5.72. The minimum atomic E-state index is -0.939. The summed E-state index contributed by atoms with van der Waals surface area (Å²) < 4.78 is 4.82. The molecule has 0 aromatic heterocycles. The second-order valence-corrected chi connectivity index (χ2v) is 3.65. The minimum Gasteiger partial charge on any atom is -0.480 e. The summed E-state index contributed by atoms with van der Waals surface area (Å²) in [6.07, 6.45) is 3.53. The predicted molar refractivity (Wildman–Crippen MR) is 49.6 cm³/mol. The van der Waals surface area contributed by atoms with Crippen LogP contribution in [0.4, 0.5) is 0 Å². The lowest BCUT2D eigenvalue weighted by Gasteiger charge is -2.04. The van der Waals surface area contributed by atoms with Crippen LogP contribution in [0.25, 0.3) is 0 Å². The Labute approximate surface area is 82.9 Å². The molecule has 14 heavy (non-hydrogen) atoms. The lowest BCUT2D eigenvalue weighted by atomic mass is 10.1. The van der Waals surface area contributed by atoms with Gasteiger partial charge in [-0.2, -0.15) is 0 Å². The molecule has 3 atom stereocenters. The van der Waals surface area contributed by atoms with E-state index in [0.717, 1.165) is 25.7 Å². The van der Waals surface area contributed by atoms with Crippen LogP contribution >= 0.6 is 0 Å². The Balaban J connectivity index is 1.86. The molecule has 82 valence electrons. The van der Waals surface area contributed by atoms with Crippen LogP contribution in [0.1, 0.15) is 32.1 Å². The second kappa shape index (κ2) is 5.29. The molecule has 1 aliphatic heterocycles. The molecule has 1 saturated heterocycles. The highest BCUT2D eigenvalue weighted by Gasteiger charge is 2.35. The molecule has 0 aliphatic carbocycles. The summed E-state index contributed by atoms with van der Waals surface area (Å²) in [5, 5.41) is 17.3. The molecule has 0 spiro atoms. The van der Waals surface area contributed by atoms with Crippen molar-refractivity contribution in [2.75, 3.05) is 0 Å². The molecule has 4 N–H and O–H groups in total. The number of carboxylic acid groups (broad SMARTS) is 1. The average Bonchev–Trinajstić information content (AvgIpc) is 2.81. The molecule has 0 amide bonds. The van der Waals surface area contributed by atoms with Crippen LogP contribution in [0.2, 0.25) is 0 Å². The van der Waals surface area contributed by atoms with E-state index in [1.54, 1.807) is 0 Å². The predicted octanol–water partition coefficient (Wildman–Crippen LogP) is 0.0660. The number of ether oxygens (including phenoxy) is 1. The fraction of sp³-hybridized carbons (Fsp3) is 0.889. The maximum Gasteiger partial charge on any atom is 0.320 e. The van der Waals surface area contributed by atoms with Gasteiger partial charge in [-0.25, -0.2) is 0 Å². The van der Waals surface area contributed by atoms with Crippen molar-refractivity contribution in [3.8, 4) is 0 Å². The van der Waals surface area contributed by atoms with Gasteiger partial charge in [0.1, 0.15) is 12.1 Å². The van der Waals surface area contributed by atoms with E-state index in [2.05, 4.69) is 0 Å². The summed E-state index contributed by atoms with van der Waals surface area (Å²) in [6.45, 7) is 0. The number of carbonyl (C=O) groups is 1. The number of hydrogen-bond acceptors (Lipinski definition) is 4. The molecule has 1 rings (SSSR count). The molecule has 3 unspecified atom stereocenters. The number of aliphatic hydroxyl groups excluding tert-OH is 1. The third-order valence-electron chi connectivity index (χ3n) is 2.38. The van der Waals surface area contributed by atoms with Crippen LogP contribution in [0.5, 0.6) is 0 Å². The van der Waals surface area contributed by atoms with Crippen LogP contribution in [0.15, 0.2) is 0 Å². The van der Waals surface area contributed by atoms with E-state index >= 15 is 0 Å². The number of rotatable bonds is 7. The smallest absolute Gasteiger partial charge is 0.320 e. The van der Waals surface area contributed by atoms with E-state index in [4.69, 9.17) is 20.7 Å². The molecular weight excluding hydrogens is 186 g/mol. The molecule has 0 saturated carbocycles. The first-order chi connectivity index (χ1) is 6.61. The van der Waals surface area contributed by atoms with Crippen LogP contribution in [0, 0.1) is 0 Å². The maximum atomic E-state index is 10.3. The molecule has 5 nitrogen and oxygen atoms in total. The number of aliphatic carboxylic acids is 1. The summed E-state index contributed by atoms with van der Waals surface area (Å²) in [5.41, 5.74) is 5.33. The molecule has 0 aromatic carbocycles. The minimum absolute atomic E-state index is 0.0168. The van der Waals surface area contributed by atoms with E-state index in [9.17, 15) is 4.79 Å². The Morgan fingerprint density at radius 1 is 1.43 bits per heavy atom. The molecule has 0 bridgehead atoms. The summed E-state index contributed by atoms with van der Waals surface area (Å²) in [7, 11) is 0. The third kappa shape index (κ3) is 4.04.